The molecule has 3 aromatic rings. The van der Waals surface area contributed by atoms with Crippen LogP contribution in [0.15, 0.2) is 42.5 Å². The van der Waals surface area contributed by atoms with E-state index in [4.69, 9.17) is 20.9 Å². The Morgan fingerprint density at radius 3 is 2.45 bits per heavy atom. The molecule has 11 heteroatoms. The zero-order valence-electron chi connectivity index (χ0n) is 22.9. The zero-order chi connectivity index (χ0) is 28.8. The molecule has 5 N–H and O–H groups in total. The molecule has 0 saturated heterocycles. The fourth-order valence-corrected chi connectivity index (χ4v) is 5.83. The number of rotatable bonds is 11. The predicted octanol–water partition coefficient (Wildman–Crippen LogP) is 3.63. The number of carbonyl (C=O) groups is 3. The summed E-state index contributed by atoms with van der Waals surface area (Å²) in [5.74, 6) is -0.726. The first-order chi connectivity index (χ1) is 19.2. The monoisotopic (exact) mass is 565 g/mol. The number of carbonyl (C=O) groups excluding carboxylic acids is 3. The topological polar surface area (TPSA) is 150 Å². The summed E-state index contributed by atoms with van der Waals surface area (Å²) >= 11 is 0.793. The Morgan fingerprint density at radius 1 is 1.10 bits per heavy atom. The standard InChI is InChI=1S/C29H35N5O5S/c1-17-7-6-8-18(15-17)13-14-34(29(37)26-23(30)24(27(31)35)33-40-26)25(28(36)32-20-9-4-5-10-20)19-11-12-21(38-2)22(16-19)39-3/h6-8,11-12,15-16,20,25H,4-5,9-10,13-14,30H2,1-3H3,(H2,31,35)(H,32,36). The summed E-state index contributed by atoms with van der Waals surface area (Å²) in [4.78, 5) is 41.5. The minimum atomic E-state index is -1.02. The number of nitrogens with two attached hydrogens (primary N) is 2. The highest BCUT2D eigenvalue weighted by molar-refractivity contribution is 7.09. The average molecular weight is 566 g/mol. The van der Waals surface area contributed by atoms with E-state index in [1.165, 1.54) is 19.1 Å². The van der Waals surface area contributed by atoms with Crippen molar-refractivity contribution in [1.82, 2.24) is 14.6 Å². The Kier molecular flexibility index (Phi) is 9.26. The summed E-state index contributed by atoms with van der Waals surface area (Å²) in [7, 11) is 3.04. The van der Waals surface area contributed by atoms with Gasteiger partial charge in [0.15, 0.2) is 17.2 Å². The molecular formula is C29H35N5O5S. The summed E-state index contributed by atoms with van der Waals surface area (Å²) in [6.45, 7) is 2.19. The van der Waals surface area contributed by atoms with Crippen LogP contribution in [-0.2, 0) is 11.2 Å². The number of nitrogen functional groups attached to an aromatic ring is 1. The van der Waals surface area contributed by atoms with Crippen LogP contribution in [0.2, 0.25) is 0 Å². The third-order valence-electron chi connectivity index (χ3n) is 7.13. The number of nitrogens with one attached hydrogen (secondary N) is 1. The summed E-state index contributed by atoms with van der Waals surface area (Å²) in [5.41, 5.74) is 14.0. The lowest BCUT2D eigenvalue weighted by Crippen LogP contribution is -2.46. The average Bonchev–Trinajstić information content (AvgIpc) is 3.59. The van der Waals surface area contributed by atoms with Gasteiger partial charge < -0.3 is 31.2 Å². The van der Waals surface area contributed by atoms with Crippen LogP contribution in [0.25, 0.3) is 0 Å². The van der Waals surface area contributed by atoms with Crippen LogP contribution in [0, 0.1) is 6.92 Å². The lowest BCUT2D eigenvalue weighted by Gasteiger charge is -2.32. The van der Waals surface area contributed by atoms with Gasteiger partial charge in [-0.15, -0.1) is 0 Å². The quantitative estimate of drug-likeness (QED) is 0.321. The van der Waals surface area contributed by atoms with Gasteiger partial charge in [-0.3, -0.25) is 14.4 Å². The Bertz CT molecular complexity index is 1380. The van der Waals surface area contributed by atoms with Gasteiger partial charge in [0.05, 0.1) is 19.9 Å². The summed E-state index contributed by atoms with van der Waals surface area (Å²) < 4.78 is 14.9. The fraction of sp³-hybridized carbons (Fsp3) is 0.379. The van der Waals surface area contributed by atoms with Gasteiger partial charge in [-0.25, -0.2) is 0 Å². The number of nitrogens with zero attached hydrogens (tertiary/aromatic N) is 2. The minimum Gasteiger partial charge on any atom is -0.493 e. The van der Waals surface area contributed by atoms with Crippen LogP contribution >= 0.6 is 11.5 Å². The van der Waals surface area contributed by atoms with E-state index in [0.717, 1.165) is 48.3 Å². The van der Waals surface area contributed by atoms with Gasteiger partial charge in [0.2, 0.25) is 5.91 Å². The van der Waals surface area contributed by atoms with Crippen molar-refractivity contribution in [2.45, 2.75) is 51.1 Å². The molecule has 2 aromatic carbocycles. The Balaban J connectivity index is 1.80. The highest BCUT2D eigenvalue weighted by Crippen LogP contribution is 2.35. The number of anilines is 1. The van der Waals surface area contributed by atoms with Crippen molar-refractivity contribution in [3.8, 4) is 11.5 Å². The molecule has 3 amide bonds. The molecule has 0 aliphatic heterocycles. The van der Waals surface area contributed by atoms with Gasteiger partial charge in [0, 0.05) is 12.6 Å². The summed E-state index contributed by atoms with van der Waals surface area (Å²) in [6.07, 6.45) is 4.32. The number of benzene rings is 2. The van der Waals surface area contributed by atoms with Crippen LogP contribution in [0.5, 0.6) is 11.5 Å². The van der Waals surface area contributed by atoms with E-state index in [1.54, 1.807) is 18.2 Å². The van der Waals surface area contributed by atoms with Crippen molar-refractivity contribution in [2.24, 2.45) is 5.73 Å². The largest absolute Gasteiger partial charge is 0.493 e. The van der Waals surface area contributed by atoms with Crippen LogP contribution < -0.4 is 26.3 Å². The maximum Gasteiger partial charge on any atom is 0.270 e. The molecule has 1 aliphatic rings. The first kappa shape index (κ1) is 28.9. The van der Waals surface area contributed by atoms with Crippen molar-refractivity contribution >= 4 is 34.9 Å². The molecular weight excluding hydrogens is 530 g/mol. The molecule has 40 heavy (non-hydrogen) atoms. The van der Waals surface area contributed by atoms with Gasteiger partial charge in [0.1, 0.15) is 10.9 Å². The maximum atomic E-state index is 14.2. The number of aryl methyl sites for hydroxylation is 1. The first-order valence-electron chi connectivity index (χ1n) is 13.2. The van der Waals surface area contributed by atoms with E-state index in [0.29, 0.717) is 23.5 Å². The normalized spacial score (nSPS) is 14.0. The number of methoxy groups -OCH3 is 2. The van der Waals surface area contributed by atoms with Crippen molar-refractivity contribution in [1.29, 1.82) is 0 Å². The highest BCUT2D eigenvalue weighted by Gasteiger charge is 2.36. The number of primary amides is 1. The van der Waals surface area contributed by atoms with E-state index < -0.39 is 17.9 Å². The van der Waals surface area contributed by atoms with Gasteiger partial charge in [-0.05, 0) is 61.0 Å². The third-order valence-corrected chi connectivity index (χ3v) is 7.98. The second kappa shape index (κ2) is 12.8. The number of hydrogen-bond donors (Lipinski definition) is 3. The van der Waals surface area contributed by atoms with Crippen molar-refractivity contribution in [2.75, 3.05) is 26.5 Å². The lowest BCUT2D eigenvalue weighted by molar-refractivity contribution is -0.126. The number of hydrogen-bond acceptors (Lipinski definition) is 8. The van der Waals surface area contributed by atoms with Crippen LogP contribution in [0.4, 0.5) is 5.69 Å². The minimum absolute atomic E-state index is 0.0267. The first-order valence-corrected chi connectivity index (χ1v) is 13.9. The predicted molar refractivity (Wildman–Crippen MR) is 154 cm³/mol. The van der Waals surface area contributed by atoms with E-state index in [2.05, 4.69) is 9.69 Å². The Labute approximate surface area is 237 Å². The molecule has 10 nitrogen and oxygen atoms in total. The molecule has 1 heterocycles. The Morgan fingerprint density at radius 2 is 1.82 bits per heavy atom. The molecule has 0 bridgehead atoms. The second-order valence-corrected chi connectivity index (χ2v) is 10.7. The third kappa shape index (κ3) is 6.36. The van der Waals surface area contributed by atoms with E-state index in [1.807, 2.05) is 31.2 Å². The maximum absolute atomic E-state index is 14.2. The lowest BCUT2D eigenvalue weighted by atomic mass is 10.0. The summed E-state index contributed by atoms with van der Waals surface area (Å²) in [5, 5.41) is 3.15. The van der Waals surface area contributed by atoms with E-state index in [-0.39, 0.29) is 34.8 Å². The number of ether oxygens (including phenoxy) is 2. The number of aromatic nitrogens is 1. The van der Waals surface area contributed by atoms with Gasteiger partial charge in [-0.2, -0.15) is 4.37 Å². The second-order valence-electron chi connectivity index (χ2n) is 9.88. The molecule has 1 aliphatic carbocycles. The van der Waals surface area contributed by atoms with Crippen molar-refractivity contribution in [3.05, 3.63) is 69.7 Å². The summed E-state index contributed by atoms with van der Waals surface area (Å²) in [6, 6.07) is 12.1. The van der Waals surface area contributed by atoms with E-state index in [9.17, 15) is 14.4 Å². The molecule has 0 radical (unpaired) electrons. The van der Waals surface area contributed by atoms with Gasteiger partial charge in [0.25, 0.3) is 11.8 Å². The molecule has 1 unspecified atom stereocenters. The molecule has 1 aromatic heterocycles. The smallest absolute Gasteiger partial charge is 0.270 e. The molecule has 212 valence electrons. The molecule has 1 saturated carbocycles. The van der Waals surface area contributed by atoms with Crippen molar-refractivity contribution in [3.63, 3.8) is 0 Å². The Hall–Kier alpha value is -4.12. The SMILES string of the molecule is COc1ccc(C(C(=O)NC2CCCC2)N(CCc2cccc(C)c2)C(=O)c2snc(C(N)=O)c2N)cc1OC. The van der Waals surface area contributed by atoms with Crippen LogP contribution in [0.1, 0.15) is 68.6 Å². The zero-order valence-corrected chi connectivity index (χ0v) is 23.8. The molecule has 0 spiro atoms. The van der Waals surface area contributed by atoms with Crippen LogP contribution in [-0.4, -0.2) is 53.8 Å². The number of amides is 3. The highest BCUT2D eigenvalue weighted by atomic mass is 32.1. The van der Waals surface area contributed by atoms with Gasteiger partial charge in [-0.1, -0.05) is 48.7 Å². The van der Waals surface area contributed by atoms with Crippen LogP contribution in [0.3, 0.4) is 0 Å². The molecule has 1 atom stereocenters. The fourth-order valence-electron chi connectivity index (χ4n) is 5.07. The molecule has 4 rings (SSSR count). The van der Waals surface area contributed by atoms with Gasteiger partial charge >= 0.3 is 0 Å². The molecule has 1 fully saturated rings. The van der Waals surface area contributed by atoms with Crippen molar-refractivity contribution < 1.29 is 23.9 Å². The van der Waals surface area contributed by atoms with E-state index >= 15 is 0 Å².